The van der Waals surface area contributed by atoms with E-state index < -0.39 is 0 Å². The molecule has 1 saturated carbocycles. The molecule has 0 amide bonds. The quantitative estimate of drug-likeness (QED) is 0.909. The van der Waals surface area contributed by atoms with Gasteiger partial charge in [-0.1, -0.05) is 19.3 Å². The third-order valence-corrected chi connectivity index (χ3v) is 5.52. The molecule has 0 spiro atoms. The van der Waals surface area contributed by atoms with Crippen LogP contribution in [-0.4, -0.2) is 31.4 Å². The van der Waals surface area contributed by atoms with E-state index in [0.29, 0.717) is 0 Å². The fraction of sp³-hybridized carbons (Fsp3) is 0.625. The van der Waals surface area contributed by atoms with Crippen LogP contribution in [0.5, 0.6) is 0 Å². The van der Waals surface area contributed by atoms with Gasteiger partial charge in [-0.05, 0) is 37.1 Å². The SMILES string of the molecule is c1cc(N2CCNCC2)ccc1SC1CCCCC1. The van der Waals surface area contributed by atoms with Crippen molar-refractivity contribution in [1.82, 2.24) is 5.32 Å². The van der Waals surface area contributed by atoms with Crippen molar-refractivity contribution in [2.75, 3.05) is 31.1 Å². The first-order valence-electron chi connectivity index (χ1n) is 7.64. The largest absolute Gasteiger partial charge is 0.369 e. The normalized spacial score (nSPS) is 21.6. The summed E-state index contributed by atoms with van der Waals surface area (Å²) in [6.45, 7) is 4.49. The molecule has 0 bridgehead atoms. The molecule has 19 heavy (non-hydrogen) atoms. The number of hydrogen-bond acceptors (Lipinski definition) is 3. The second-order valence-electron chi connectivity index (χ2n) is 5.61. The molecule has 0 unspecified atom stereocenters. The number of anilines is 1. The lowest BCUT2D eigenvalue weighted by molar-refractivity contribution is 0.516. The summed E-state index contributed by atoms with van der Waals surface area (Å²) in [5.74, 6) is 0. The van der Waals surface area contributed by atoms with Gasteiger partial charge in [0.15, 0.2) is 0 Å². The zero-order chi connectivity index (χ0) is 12.9. The minimum absolute atomic E-state index is 0.860. The molecule has 1 aliphatic heterocycles. The van der Waals surface area contributed by atoms with Crippen LogP contribution in [0.2, 0.25) is 0 Å². The second-order valence-corrected chi connectivity index (χ2v) is 6.98. The molecule has 1 aliphatic carbocycles. The van der Waals surface area contributed by atoms with E-state index in [2.05, 4.69) is 46.2 Å². The van der Waals surface area contributed by atoms with E-state index in [1.165, 1.54) is 42.7 Å². The predicted molar refractivity (Wildman–Crippen MR) is 84.3 cm³/mol. The van der Waals surface area contributed by atoms with Gasteiger partial charge in [0.05, 0.1) is 0 Å². The van der Waals surface area contributed by atoms with E-state index in [1.54, 1.807) is 0 Å². The Bertz CT molecular complexity index is 378. The van der Waals surface area contributed by atoms with E-state index in [9.17, 15) is 0 Å². The molecule has 2 nitrogen and oxygen atoms in total. The van der Waals surface area contributed by atoms with Gasteiger partial charge in [0.2, 0.25) is 0 Å². The number of hydrogen-bond donors (Lipinski definition) is 1. The van der Waals surface area contributed by atoms with Gasteiger partial charge >= 0.3 is 0 Å². The maximum atomic E-state index is 3.40. The third kappa shape index (κ3) is 3.67. The van der Waals surface area contributed by atoms with Gasteiger partial charge in [-0.25, -0.2) is 0 Å². The first-order valence-corrected chi connectivity index (χ1v) is 8.52. The maximum Gasteiger partial charge on any atom is 0.0367 e. The van der Waals surface area contributed by atoms with Crippen molar-refractivity contribution in [1.29, 1.82) is 0 Å². The Morgan fingerprint density at radius 1 is 0.947 bits per heavy atom. The van der Waals surface area contributed by atoms with Gasteiger partial charge in [0, 0.05) is 42.0 Å². The molecule has 2 fully saturated rings. The van der Waals surface area contributed by atoms with Crippen molar-refractivity contribution in [3.63, 3.8) is 0 Å². The Kier molecular flexibility index (Phi) is 4.67. The van der Waals surface area contributed by atoms with Gasteiger partial charge in [-0.15, -0.1) is 11.8 Å². The molecule has 2 aliphatic rings. The molecule has 1 aromatic rings. The van der Waals surface area contributed by atoms with Crippen molar-refractivity contribution >= 4 is 17.4 Å². The second kappa shape index (κ2) is 6.67. The Labute approximate surface area is 121 Å². The summed E-state index contributed by atoms with van der Waals surface area (Å²) in [4.78, 5) is 3.93. The lowest BCUT2D eigenvalue weighted by atomic mass is 10.0. The zero-order valence-electron chi connectivity index (χ0n) is 11.6. The fourth-order valence-corrected chi connectivity index (χ4v) is 4.28. The Morgan fingerprint density at radius 3 is 2.32 bits per heavy atom. The van der Waals surface area contributed by atoms with E-state index in [4.69, 9.17) is 0 Å². The molecule has 3 heteroatoms. The molecule has 0 aromatic heterocycles. The molecular weight excluding hydrogens is 252 g/mol. The number of piperazine rings is 1. The monoisotopic (exact) mass is 276 g/mol. The van der Waals surface area contributed by atoms with Crippen LogP contribution in [0.15, 0.2) is 29.2 Å². The van der Waals surface area contributed by atoms with Crippen LogP contribution in [0.1, 0.15) is 32.1 Å². The zero-order valence-corrected chi connectivity index (χ0v) is 12.4. The number of rotatable bonds is 3. The molecule has 1 heterocycles. The lowest BCUT2D eigenvalue weighted by Gasteiger charge is -2.29. The summed E-state index contributed by atoms with van der Waals surface area (Å²) in [5, 5.41) is 4.26. The Balaban J connectivity index is 1.58. The Hall–Kier alpha value is -0.670. The standard InChI is InChI=1S/C16H24N2S/c1-2-4-15(5-3-1)19-16-8-6-14(7-9-16)18-12-10-17-11-13-18/h6-9,15,17H,1-5,10-13H2. The Morgan fingerprint density at radius 2 is 1.63 bits per heavy atom. The van der Waals surface area contributed by atoms with E-state index in [0.717, 1.165) is 31.4 Å². The van der Waals surface area contributed by atoms with Crippen LogP contribution in [0.4, 0.5) is 5.69 Å². The van der Waals surface area contributed by atoms with Gasteiger partial charge < -0.3 is 10.2 Å². The summed E-state index contributed by atoms with van der Waals surface area (Å²) in [7, 11) is 0. The molecule has 1 saturated heterocycles. The maximum absolute atomic E-state index is 3.40. The number of nitrogens with zero attached hydrogens (tertiary/aromatic N) is 1. The van der Waals surface area contributed by atoms with Crippen molar-refractivity contribution in [2.24, 2.45) is 0 Å². The van der Waals surface area contributed by atoms with Gasteiger partial charge in [0.1, 0.15) is 0 Å². The van der Waals surface area contributed by atoms with Crippen LogP contribution >= 0.6 is 11.8 Å². The molecule has 104 valence electrons. The van der Waals surface area contributed by atoms with Gasteiger partial charge in [-0.3, -0.25) is 0 Å². The topological polar surface area (TPSA) is 15.3 Å². The lowest BCUT2D eigenvalue weighted by Crippen LogP contribution is -2.43. The van der Waals surface area contributed by atoms with Crippen LogP contribution in [-0.2, 0) is 0 Å². The molecule has 0 atom stereocenters. The summed E-state index contributed by atoms with van der Waals surface area (Å²) < 4.78 is 0. The minimum Gasteiger partial charge on any atom is -0.369 e. The number of benzene rings is 1. The summed E-state index contributed by atoms with van der Waals surface area (Å²) in [6.07, 6.45) is 7.11. The van der Waals surface area contributed by atoms with Crippen LogP contribution in [0, 0.1) is 0 Å². The van der Waals surface area contributed by atoms with Crippen molar-refractivity contribution < 1.29 is 0 Å². The smallest absolute Gasteiger partial charge is 0.0367 e. The van der Waals surface area contributed by atoms with Crippen LogP contribution < -0.4 is 10.2 Å². The molecule has 1 N–H and O–H groups in total. The summed E-state index contributed by atoms with van der Waals surface area (Å²) >= 11 is 2.09. The highest BCUT2D eigenvalue weighted by Gasteiger charge is 2.15. The number of nitrogens with one attached hydrogen (secondary N) is 1. The average molecular weight is 276 g/mol. The van der Waals surface area contributed by atoms with Crippen LogP contribution in [0.25, 0.3) is 0 Å². The molecular formula is C16H24N2S. The van der Waals surface area contributed by atoms with Gasteiger partial charge in [-0.2, -0.15) is 0 Å². The van der Waals surface area contributed by atoms with Crippen molar-refractivity contribution in [2.45, 2.75) is 42.2 Å². The molecule has 3 rings (SSSR count). The van der Waals surface area contributed by atoms with E-state index >= 15 is 0 Å². The van der Waals surface area contributed by atoms with Crippen molar-refractivity contribution in [3.8, 4) is 0 Å². The molecule has 1 aromatic carbocycles. The first-order chi connectivity index (χ1) is 9.42. The predicted octanol–water partition coefficient (Wildman–Crippen LogP) is 3.52. The van der Waals surface area contributed by atoms with Gasteiger partial charge in [0.25, 0.3) is 0 Å². The highest BCUT2D eigenvalue weighted by Crippen LogP contribution is 2.34. The van der Waals surface area contributed by atoms with E-state index in [-0.39, 0.29) is 0 Å². The van der Waals surface area contributed by atoms with E-state index in [1.807, 2.05) is 0 Å². The van der Waals surface area contributed by atoms with Crippen molar-refractivity contribution in [3.05, 3.63) is 24.3 Å². The fourth-order valence-electron chi connectivity index (χ4n) is 3.03. The number of thioether (sulfide) groups is 1. The molecule has 0 radical (unpaired) electrons. The minimum atomic E-state index is 0.860. The third-order valence-electron chi connectivity index (χ3n) is 4.17. The summed E-state index contributed by atoms with van der Waals surface area (Å²) in [5.41, 5.74) is 1.38. The van der Waals surface area contributed by atoms with Crippen LogP contribution in [0.3, 0.4) is 0 Å². The first kappa shape index (κ1) is 13.3. The average Bonchev–Trinajstić information content (AvgIpc) is 2.50. The highest BCUT2D eigenvalue weighted by molar-refractivity contribution is 8.00. The summed E-state index contributed by atoms with van der Waals surface area (Å²) in [6, 6.07) is 9.24. The highest BCUT2D eigenvalue weighted by atomic mass is 32.2.